The minimum absolute atomic E-state index is 0.223. The molecule has 0 spiro atoms. The predicted molar refractivity (Wildman–Crippen MR) is 76.5 cm³/mol. The molecule has 2 heterocycles. The lowest BCUT2D eigenvalue weighted by Crippen LogP contribution is -2.14. The van der Waals surface area contributed by atoms with E-state index in [1.807, 2.05) is 24.3 Å². The van der Waals surface area contributed by atoms with Gasteiger partial charge in [-0.15, -0.1) is 11.3 Å². The smallest absolute Gasteiger partial charge is 0.276 e. The van der Waals surface area contributed by atoms with Crippen LogP contribution in [0.1, 0.15) is 16.1 Å². The lowest BCUT2D eigenvalue weighted by Gasteiger charge is -2.03. The van der Waals surface area contributed by atoms with E-state index in [0.717, 1.165) is 5.52 Å². The molecule has 3 aromatic rings. The Morgan fingerprint density at radius 3 is 2.85 bits per heavy atom. The predicted octanol–water partition coefficient (Wildman–Crippen LogP) is 2.82. The minimum atomic E-state index is -0.373. The van der Waals surface area contributed by atoms with Crippen molar-refractivity contribution in [1.82, 2.24) is 9.97 Å². The summed E-state index contributed by atoms with van der Waals surface area (Å²) in [5.41, 5.74) is 2.06. The molecule has 20 heavy (non-hydrogen) atoms. The molecule has 0 unspecified atom stereocenters. The molecule has 3 rings (SSSR count). The van der Waals surface area contributed by atoms with E-state index in [4.69, 9.17) is 5.26 Å². The number of hydrogen-bond donors (Lipinski definition) is 1. The number of thiophene rings is 1. The molecule has 5 nitrogen and oxygen atoms in total. The summed E-state index contributed by atoms with van der Waals surface area (Å²) in [5, 5.41) is 13.9. The zero-order valence-corrected chi connectivity index (χ0v) is 11.0. The fourth-order valence-electron chi connectivity index (χ4n) is 1.73. The standard InChI is InChI=1S/C14H8N4OS/c15-7-9-5-6-20-14(9)18-13(19)12-8-16-10-3-1-2-4-11(10)17-12/h1-6,8H,(H,18,19). The van der Waals surface area contributed by atoms with Crippen LogP contribution in [0, 0.1) is 11.3 Å². The number of carbonyl (C=O) groups is 1. The molecule has 0 fully saturated rings. The molecular formula is C14H8N4OS. The quantitative estimate of drug-likeness (QED) is 0.782. The molecule has 1 aromatic carbocycles. The third kappa shape index (κ3) is 2.22. The van der Waals surface area contributed by atoms with E-state index in [0.29, 0.717) is 16.1 Å². The van der Waals surface area contributed by atoms with Crippen molar-refractivity contribution in [2.45, 2.75) is 0 Å². The van der Waals surface area contributed by atoms with Gasteiger partial charge in [-0.3, -0.25) is 9.78 Å². The molecule has 0 saturated heterocycles. The number of nitriles is 1. The molecule has 6 heteroatoms. The lowest BCUT2D eigenvalue weighted by molar-refractivity contribution is 0.102. The molecule has 0 aliphatic heterocycles. The first-order chi connectivity index (χ1) is 9.78. The molecular weight excluding hydrogens is 272 g/mol. The van der Waals surface area contributed by atoms with Gasteiger partial charge in [-0.1, -0.05) is 12.1 Å². The van der Waals surface area contributed by atoms with Crippen LogP contribution in [0.2, 0.25) is 0 Å². The van der Waals surface area contributed by atoms with Gasteiger partial charge in [0.2, 0.25) is 0 Å². The topological polar surface area (TPSA) is 78.7 Å². The normalized spacial score (nSPS) is 10.2. The van der Waals surface area contributed by atoms with Gasteiger partial charge >= 0.3 is 0 Å². The third-order valence-electron chi connectivity index (χ3n) is 2.69. The van der Waals surface area contributed by atoms with E-state index in [1.54, 1.807) is 17.5 Å². The Morgan fingerprint density at radius 2 is 2.05 bits per heavy atom. The van der Waals surface area contributed by atoms with Gasteiger partial charge in [-0.25, -0.2) is 4.98 Å². The van der Waals surface area contributed by atoms with Crippen LogP contribution in [-0.4, -0.2) is 15.9 Å². The maximum atomic E-state index is 12.1. The number of para-hydroxylation sites is 2. The Bertz CT molecular complexity index is 834. The number of benzene rings is 1. The van der Waals surface area contributed by atoms with E-state index in [9.17, 15) is 4.79 Å². The molecule has 2 aromatic heterocycles. The molecule has 0 radical (unpaired) electrons. The van der Waals surface area contributed by atoms with Gasteiger partial charge in [0.15, 0.2) is 0 Å². The van der Waals surface area contributed by atoms with Crippen LogP contribution in [0.25, 0.3) is 11.0 Å². The summed E-state index contributed by atoms with van der Waals surface area (Å²) >= 11 is 1.30. The van der Waals surface area contributed by atoms with Gasteiger partial charge in [0, 0.05) is 0 Å². The fraction of sp³-hybridized carbons (Fsp3) is 0. The molecule has 1 N–H and O–H groups in total. The number of fused-ring (bicyclic) bond motifs is 1. The minimum Gasteiger partial charge on any atom is -0.311 e. The number of carbonyl (C=O) groups excluding carboxylic acids is 1. The largest absolute Gasteiger partial charge is 0.311 e. The second-order valence-electron chi connectivity index (χ2n) is 3.97. The van der Waals surface area contributed by atoms with Crippen LogP contribution < -0.4 is 5.32 Å². The van der Waals surface area contributed by atoms with Gasteiger partial charge in [0.05, 0.1) is 22.8 Å². The van der Waals surface area contributed by atoms with Crippen molar-refractivity contribution in [1.29, 1.82) is 5.26 Å². The van der Waals surface area contributed by atoms with Crippen LogP contribution >= 0.6 is 11.3 Å². The molecule has 0 bridgehead atoms. The van der Waals surface area contributed by atoms with Crippen LogP contribution in [-0.2, 0) is 0 Å². The summed E-state index contributed by atoms with van der Waals surface area (Å²) in [6.07, 6.45) is 1.43. The number of hydrogen-bond acceptors (Lipinski definition) is 5. The lowest BCUT2D eigenvalue weighted by atomic mass is 10.3. The Hall–Kier alpha value is -2.78. The Kier molecular flexibility index (Phi) is 3.11. The summed E-state index contributed by atoms with van der Waals surface area (Å²) in [6, 6.07) is 11.0. The Labute approximate surface area is 118 Å². The van der Waals surface area contributed by atoms with Crippen LogP contribution in [0.3, 0.4) is 0 Å². The first-order valence-electron chi connectivity index (χ1n) is 5.78. The number of aromatic nitrogens is 2. The third-order valence-corrected chi connectivity index (χ3v) is 3.52. The monoisotopic (exact) mass is 280 g/mol. The maximum Gasteiger partial charge on any atom is 0.276 e. The van der Waals surface area contributed by atoms with Crippen molar-refractivity contribution < 1.29 is 4.79 Å². The molecule has 1 amide bonds. The highest BCUT2D eigenvalue weighted by molar-refractivity contribution is 7.14. The van der Waals surface area contributed by atoms with Crippen molar-refractivity contribution in [3.63, 3.8) is 0 Å². The van der Waals surface area contributed by atoms with Crippen LogP contribution in [0.15, 0.2) is 41.9 Å². The highest BCUT2D eigenvalue weighted by atomic mass is 32.1. The summed E-state index contributed by atoms with van der Waals surface area (Å²) < 4.78 is 0. The highest BCUT2D eigenvalue weighted by Gasteiger charge is 2.12. The average molecular weight is 280 g/mol. The zero-order valence-electron chi connectivity index (χ0n) is 10.2. The second-order valence-corrected chi connectivity index (χ2v) is 4.89. The van der Waals surface area contributed by atoms with E-state index in [-0.39, 0.29) is 11.6 Å². The first kappa shape index (κ1) is 12.3. The van der Waals surface area contributed by atoms with Gasteiger partial charge in [-0.2, -0.15) is 5.26 Å². The maximum absolute atomic E-state index is 12.1. The van der Waals surface area contributed by atoms with Crippen molar-refractivity contribution in [3.8, 4) is 6.07 Å². The first-order valence-corrected chi connectivity index (χ1v) is 6.66. The number of nitrogens with zero attached hydrogens (tertiary/aromatic N) is 3. The van der Waals surface area contributed by atoms with E-state index in [1.165, 1.54) is 17.5 Å². The molecule has 0 saturated carbocycles. The van der Waals surface area contributed by atoms with Crippen molar-refractivity contribution in [3.05, 3.63) is 53.2 Å². The molecule has 0 atom stereocenters. The molecule has 0 aliphatic carbocycles. The summed E-state index contributed by atoms with van der Waals surface area (Å²) in [7, 11) is 0. The fourth-order valence-corrected chi connectivity index (χ4v) is 2.46. The molecule has 0 aliphatic rings. The summed E-state index contributed by atoms with van der Waals surface area (Å²) in [6.45, 7) is 0. The second kappa shape index (κ2) is 5.07. The van der Waals surface area contributed by atoms with Crippen LogP contribution in [0.5, 0.6) is 0 Å². The van der Waals surface area contributed by atoms with Crippen LogP contribution in [0.4, 0.5) is 5.00 Å². The summed E-state index contributed by atoms with van der Waals surface area (Å²) in [5.74, 6) is -0.373. The Morgan fingerprint density at radius 1 is 1.25 bits per heavy atom. The van der Waals surface area contributed by atoms with Crippen molar-refractivity contribution in [2.75, 3.05) is 5.32 Å². The van der Waals surface area contributed by atoms with Gasteiger partial charge in [0.25, 0.3) is 5.91 Å². The number of anilines is 1. The van der Waals surface area contributed by atoms with E-state index >= 15 is 0 Å². The van der Waals surface area contributed by atoms with Gasteiger partial charge in [-0.05, 0) is 23.6 Å². The van der Waals surface area contributed by atoms with Crippen molar-refractivity contribution >= 4 is 33.3 Å². The van der Waals surface area contributed by atoms with Gasteiger partial charge < -0.3 is 5.32 Å². The van der Waals surface area contributed by atoms with Crippen molar-refractivity contribution in [2.24, 2.45) is 0 Å². The molecule has 96 valence electrons. The number of rotatable bonds is 2. The zero-order chi connectivity index (χ0) is 13.9. The number of nitrogens with one attached hydrogen (secondary N) is 1. The highest BCUT2D eigenvalue weighted by Crippen LogP contribution is 2.22. The summed E-state index contributed by atoms with van der Waals surface area (Å²) in [4.78, 5) is 20.6. The number of amides is 1. The van der Waals surface area contributed by atoms with E-state index < -0.39 is 0 Å². The van der Waals surface area contributed by atoms with Gasteiger partial charge in [0.1, 0.15) is 16.8 Å². The SMILES string of the molecule is N#Cc1ccsc1NC(=O)c1cnc2ccccc2n1. The average Bonchev–Trinajstić information content (AvgIpc) is 2.94. The Balaban J connectivity index is 1.91. The van der Waals surface area contributed by atoms with E-state index in [2.05, 4.69) is 15.3 Å².